The van der Waals surface area contributed by atoms with Gasteiger partial charge in [0.15, 0.2) is 0 Å². The topological polar surface area (TPSA) is 38.8 Å². The van der Waals surface area contributed by atoms with Gasteiger partial charge in [0, 0.05) is 13.5 Å². The van der Waals surface area contributed by atoms with Crippen LogP contribution in [0.3, 0.4) is 0 Å². The second-order valence-corrected chi connectivity index (χ2v) is 7.44. The molecule has 0 aliphatic rings. The van der Waals surface area contributed by atoms with E-state index in [0.29, 0.717) is 13.2 Å². The molecule has 0 heterocycles. The van der Waals surface area contributed by atoms with Crippen LogP contribution in [0.5, 0.6) is 5.75 Å². The molecular weight excluding hydrogens is 338 g/mol. The minimum Gasteiger partial charge on any atom is -0.489 e. The van der Waals surface area contributed by atoms with Gasteiger partial charge in [0.1, 0.15) is 18.0 Å². The molecule has 0 atom stereocenters. The first-order valence-electron chi connectivity index (χ1n) is 9.50. The maximum atomic E-state index is 11.9. The monoisotopic (exact) mass is 369 g/mol. The van der Waals surface area contributed by atoms with E-state index < -0.39 is 5.60 Å². The predicted molar refractivity (Wildman–Crippen MR) is 108 cm³/mol. The lowest BCUT2D eigenvalue weighted by molar-refractivity contribution is -0.234. The van der Waals surface area contributed by atoms with Gasteiger partial charge >= 0.3 is 0 Å². The van der Waals surface area contributed by atoms with Crippen molar-refractivity contribution in [2.24, 2.45) is 0 Å². The fraction of sp³-hybridized carbons (Fsp3) is 0.435. The highest BCUT2D eigenvalue weighted by Crippen LogP contribution is 2.30. The minimum atomic E-state index is -0.650. The van der Waals surface area contributed by atoms with E-state index in [0.717, 1.165) is 28.9 Å². The zero-order valence-corrected chi connectivity index (χ0v) is 17.3. The van der Waals surface area contributed by atoms with E-state index in [-0.39, 0.29) is 5.91 Å². The van der Waals surface area contributed by atoms with E-state index in [9.17, 15) is 4.79 Å². The van der Waals surface area contributed by atoms with Crippen molar-refractivity contribution in [3.8, 4) is 5.75 Å². The Labute approximate surface area is 163 Å². The van der Waals surface area contributed by atoms with E-state index in [1.54, 1.807) is 0 Å². The highest BCUT2D eigenvalue weighted by atomic mass is 16.7. The Morgan fingerprint density at radius 1 is 1.11 bits per heavy atom. The molecule has 0 fully saturated rings. The largest absolute Gasteiger partial charge is 0.489 e. The average Bonchev–Trinajstić information content (AvgIpc) is 2.62. The number of hydrogen-bond acceptors (Lipinski definition) is 3. The zero-order chi connectivity index (χ0) is 20.0. The molecule has 0 aliphatic carbocycles. The van der Waals surface area contributed by atoms with E-state index in [1.807, 2.05) is 52.0 Å². The van der Waals surface area contributed by atoms with Crippen molar-refractivity contribution in [2.45, 2.75) is 60.2 Å². The van der Waals surface area contributed by atoms with Crippen molar-refractivity contribution in [2.75, 3.05) is 6.54 Å². The van der Waals surface area contributed by atoms with Gasteiger partial charge in [-0.2, -0.15) is 0 Å². The Bertz CT molecular complexity index is 783. The first-order chi connectivity index (χ1) is 12.7. The maximum absolute atomic E-state index is 11.9. The van der Waals surface area contributed by atoms with Gasteiger partial charge in [0.2, 0.25) is 5.91 Å². The molecule has 2 aromatic carbocycles. The summed E-state index contributed by atoms with van der Waals surface area (Å²) in [5.74, 6) is 0.800. The fourth-order valence-corrected chi connectivity index (χ4v) is 3.05. The van der Waals surface area contributed by atoms with Crippen molar-refractivity contribution < 1.29 is 14.4 Å². The number of ether oxygens (including phenoxy) is 1. The summed E-state index contributed by atoms with van der Waals surface area (Å²) in [5.41, 5.74) is 3.69. The van der Waals surface area contributed by atoms with E-state index >= 15 is 0 Å². The molecular formula is C23H31NO3. The number of carbonyl (C=O) groups is 1. The number of amides is 1. The number of aryl methyl sites for hydroxylation is 2. The normalized spacial score (nSPS) is 11.3. The maximum Gasteiger partial charge on any atom is 0.243 e. The van der Waals surface area contributed by atoms with Crippen LogP contribution in [-0.4, -0.2) is 17.5 Å². The molecule has 2 aromatic rings. The summed E-state index contributed by atoms with van der Waals surface area (Å²) in [6, 6.07) is 14.3. The molecule has 0 radical (unpaired) electrons. The molecule has 0 N–H and O–H groups in total. The van der Waals surface area contributed by atoms with Crippen molar-refractivity contribution in [1.82, 2.24) is 5.06 Å². The summed E-state index contributed by atoms with van der Waals surface area (Å²) in [6.45, 7) is 12.6. The SMILES string of the molecule is CCCN(OC(C)(C)c1ccccc1COc1cc(C)ccc1C)C(C)=O. The van der Waals surface area contributed by atoms with Crippen LogP contribution in [0.2, 0.25) is 0 Å². The molecule has 0 aliphatic heterocycles. The minimum absolute atomic E-state index is 0.0889. The molecule has 4 heteroatoms. The van der Waals surface area contributed by atoms with E-state index in [2.05, 4.69) is 25.1 Å². The molecule has 146 valence electrons. The van der Waals surface area contributed by atoms with Gasteiger partial charge in [-0.15, -0.1) is 0 Å². The quantitative estimate of drug-likeness (QED) is 0.592. The van der Waals surface area contributed by atoms with Crippen LogP contribution >= 0.6 is 0 Å². The highest BCUT2D eigenvalue weighted by Gasteiger charge is 2.29. The standard InChI is InChI=1S/C23H31NO3/c1-7-14-24(19(4)25)27-23(5,6)21-11-9-8-10-20(21)16-26-22-15-17(2)12-13-18(22)3/h8-13,15H,7,14,16H2,1-6H3. The first kappa shape index (κ1) is 21.0. The van der Waals surface area contributed by atoms with Crippen LogP contribution in [0.25, 0.3) is 0 Å². The lowest BCUT2D eigenvalue weighted by atomic mass is 9.93. The van der Waals surface area contributed by atoms with Crippen LogP contribution in [0.4, 0.5) is 0 Å². The third-order valence-electron chi connectivity index (χ3n) is 4.51. The lowest BCUT2D eigenvalue weighted by Crippen LogP contribution is -2.38. The van der Waals surface area contributed by atoms with Crippen LogP contribution < -0.4 is 4.74 Å². The summed E-state index contributed by atoms with van der Waals surface area (Å²) in [6.07, 6.45) is 0.840. The molecule has 0 unspecified atom stereocenters. The number of nitrogens with zero attached hydrogens (tertiary/aromatic N) is 1. The van der Waals surface area contributed by atoms with Crippen LogP contribution in [-0.2, 0) is 21.8 Å². The summed E-state index contributed by atoms with van der Waals surface area (Å²) < 4.78 is 6.10. The molecule has 0 bridgehead atoms. The summed E-state index contributed by atoms with van der Waals surface area (Å²) in [5, 5.41) is 1.45. The summed E-state index contributed by atoms with van der Waals surface area (Å²) >= 11 is 0. The van der Waals surface area contributed by atoms with Gasteiger partial charge in [-0.1, -0.05) is 43.3 Å². The smallest absolute Gasteiger partial charge is 0.243 e. The van der Waals surface area contributed by atoms with Crippen molar-refractivity contribution in [3.05, 3.63) is 64.7 Å². The molecule has 1 amide bonds. The fourth-order valence-electron chi connectivity index (χ4n) is 3.05. The Balaban J connectivity index is 2.23. The van der Waals surface area contributed by atoms with Crippen LogP contribution in [0, 0.1) is 13.8 Å². The van der Waals surface area contributed by atoms with Crippen LogP contribution in [0.1, 0.15) is 56.4 Å². The van der Waals surface area contributed by atoms with E-state index in [4.69, 9.17) is 9.57 Å². The number of carbonyl (C=O) groups excluding carboxylic acids is 1. The lowest BCUT2D eigenvalue weighted by Gasteiger charge is -2.33. The molecule has 0 saturated carbocycles. The average molecular weight is 370 g/mol. The molecule has 0 aromatic heterocycles. The van der Waals surface area contributed by atoms with Crippen LogP contribution in [0.15, 0.2) is 42.5 Å². The molecule has 0 spiro atoms. The third-order valence-corrected chi connectivity index (χ3v) is 4.51. The molecule has 0 saturated heterocycles. The van der Waals surface area contributed by atoms with Gasteiger partial charge in [0.25, 0.3) is 0 Å². The summed E-state index contributed by atoms with van der Waals surface area (Å²) in [7, 11) is 0. The van der Waals surface area contributed by atoms with Gasteiger partial charge in [-0.3, -0.25) is 9.63 Å². The Morgan fingerprint density at radius 3 is 2.48 bits per heavy atom. The van der Waals surface area contributed by atoms with Gasteiger partial charge in [0.05, 0.1) is 0 Å². The number of hydroxylamine groups is 2. The second-order valence-electron chi connectivity index (χ2n) is 7.44. The Kier molecular flexibility index (Phi) is 7.03. The Hall–Kier alpha value is -2.33. The zero-order valence-electron chi connectivity index (χ0n) is 17.3. The second kappa shape index (κ2) is 9.05. The predicted octanol–water partition coefficient (Wildman–Crippen LogP) is 5.31. The first-order valence-corrected chi connectivity index (χ1v) is 9.50. The van der Waals surface area contributed by atoms with Crippen molar-refractivity contribution >= 4 is 5.91 Å². The van der Waals surface area contributed by atoms with Crippen molar-refractivity contribution in [1.29, 1.82) is 0 Å². The van der Waals surface area contributed by atoms with Gasteiger partial charge in [-0.25, -0.2) is 5.06 Å². The van der Waals surface area contributed by atoms with E-state index in [1.165, 1.54) is 17.6 Å². The van der Waals surface area contributed by atoms with Gasteiger partial charge < -0.3 is 4.74 Å². The number of rotatable bonds is 8. The number of benzene rings is 2. The van der Waals surface area contributed by atoms with Crippen molar-refractivity contribution in [3.63, 3.8) is 0 Å². The number of hydrogen-bond donors (Lipinski definition) is 0. The summed E-state index contributed by atoms with van der Waals surface area (Å²) in [4.78, 5) is 18.0. The Morgan fingerprint density at radius 2 is 1.81 bits per heavy atom. The molecule has 4 nitrogen and oxygen atoms in total. The third kappa shape index (κ3) is 5.57. The molecule has 2 rings (SSSR count). The highest BCUT2D eigenvalue weighted by molar-refractivity contribution is 5.72. The molecule has 27 heavy (non-hydrogen) atoms. The van der Waals surface area contributed by atoms with Gasteiger partial charge in [-0.05, 0) is 62.4 Å².